The molecule has 3 nitrogen and oxygen atoms in total. The molecule has 0 aliphatic heterocycles. The molecule has 0 spiro atoms. The van der Waals surface area contributed by atoms with E-state index in [1.807, 2.05) is 45.9 Å². The molecule has 94 valence electrons. The van der Waals surface area contributed by atoms with Gasteiger partial charge in [0, 0.05) is 12.6 Å². The van der Waals surface area contributed by atoms with Gasteiger partial charge in [0.15, 0.2) is 0 Å². The van der Waals surface area contributed by atoms with Crippen molar-refractivity contribution in [2.45, 2.75) is 33.2 Å². The number of benzene rings is 1. The number of hydrogen-bond acceptors (Lipinski definition) is 2. The highest BCUT2D eigenvalue weighted by molar-refractivity contribution is 5.96. The molecule has 1 amide bonds. The van der Waals surface area contributed by atoms with Crippen molar-refractivity contribution in [1.29, 1.82) is 0 Å². The van der Waals surface area contributed by atoms with E-state index in [1.54, 1.807) is 11.9 Å². The SMILES string of the molecule is Cc1ccc(C(=O)N(C)C(C)(C)CO)c(C)c1. The van der Waals surface area contributed by atoms with E-state index in [-0.39, 0.29) is 12.5 Å². The van der Waals surface area contributed by atoms with Crippen LogP contribution in [0.2, 0.25) is 0 Å². The molecule has 0 aromatic heterocycles. The highest BCUT2D eigenvalue weighted by Gasteiger charge is 2.28. The molecule has 0 radical (unpaired) electrons. The van der Waals surface area contributed by atoms with Crippen LogP contribution in [0.5, 0.6) is 0 Å². The second-order valence-electron chi connectivity index (χ2n) is 5.15. The van der Waals surface area contributed by atoms with Crippen molar-refractivity contribution in [1.82, 2.24) is 4.90 Å². The second kappa shape index (κ2) is 4.88. The molecule has 0 bridgehead atoms. The maximum atomic E-state index is 12.3. The summed E-state index contributed by atoms with van der Waals surface area (Å²) in [6.45, 7) is 7.56. The molecule has 17 heavy (non-hydrogen) atoms. The second-order valence-corrected chi connectivity index (χ2v) is 5.15. The summed E-state index contributed by atoms with van der Waals surface area (Å²) in [5.41, 5.74) is 2.26. The summed E-state index contributed by atoms with van der Waals surface area (Å²) >= 11 is 0. The molecule has 0 fully saturated rings. The number of carbonyl (C=O) groups is 1. The third-order valence-corrected chi connectivity index (χ3v) is 3.21. The van der Waals surface area contributed by atoms with Gasteiger partial charge < -0.3 is 10.0 Å². The Balaban J connectivity index is 3.05. The summed E-state index contributed by atoms with van der Waals surface area (Å²) in [4.78, 5) is 13.9. The lowest BCUT2D eigenvalue weighted by Crippen LogP contribution is -2.47. The zero-order chi connectivity index (χ0) is 13.2. The molecule has 3 heteroatoms. The van der Waals surface area contributed by atoms with Gasteiger partial charge in [-0.3, -0.25) is 4.79 Å². The zero-order valence-electron chi connectivity index (χ0n) is 11.2. The van der Waals surface area contributed by atoms with Gasteiger partial charge in [0.1, 0.15) is 0 Å². The van der Waals surface area contributed by atoms with Crippen molar-refractivity contribution in [2.75, 3.05) is 13.7 Å². The summed E-state index contributed by atoms with van der Waals surface area (Å²) in [6, 6.07) is 5.77. The van der Waals surface area contributed by atoms with E-state index in [0.29, 0.717) is 5.56 Å². The smallest absolute Gasteiger partial charge is 0.254 e. The molecular weight excluding hydrogens is 214 g/mol. The minimum Gasteiger partial charge on any atom is -0.394 e. The minimum atomic E-state index is -0.547. The van der Waals surface area contributed by atoms with Gasteiger partial charge in [-0.2, -0.15) is 0 Å². The molecule has 0 unspecified atom stereocenters. The standard InChI is InChI=1S/C14H21NO2/c1-10-6-7-12(11(2)8-10)13(17)15(5)14(3,4)9-16/h6-8,16H,9H2,1-5H3. The van der Waals surface area contributed by atoms with Crippen LogP contribution in [-0.2, 0) is 0 Å². The maximum absolute atomic E-state index is 12.3. The van der Waals surface area contributed by atoms with Crippen molar-refractivity contribution in [3.63, 3.8) is 0 Å². The van der Waals surface area contributed by atoms with Gasteiger partial charge in [0.2, 0.25) is 0 Å². The topological polar surface area (TPSA) is 40.5 Å². The quantitative estimate of drug-likeness (QED) is 0.872. The van der Waals surface area contributed by atoms with E-state index in [1.165, 1.54) is 0 Å². The van der Waals surface area contributed by atoms with Gasteiger partial charge in [-0.15, -0.1) is 0 Å². The fourth-order valence-electron chi connectivity index (χ4n) is 1.62. The summed E-state index contributed by atoms with van der Waals surface area (Å²) in [5, 5.41) is 9.28. The van der Waals surface area contributed by atoms with E-state index in [0.717, 1.165) is 11.1 Å². The van der Waals surface area contributed by atoms with E-state index < -0.39 is 5.54 Å². The van der Waals surface area contributed by atoms with Crippen LogP contribution in [0.1, 0.15) is 35.3 Å². The van der Waals surface area contributed by atoms with Crippen molar-refractivity contribution in [3.05, 3.63) is 34.9 Å². The minimum absolute atomic E-state index is 0.0541. The van der Waals surface area contributed by atoms with Crippen LogP contribution in [0.3, 0.4) is 0 Å². The Labute approximate surface area is 103 Å². The van der Waals surface area contributed by atoms with Crippen LogP contribution in [0.4, 0.5) is 0 Å². The van der Waals surface area contributed by atoms with Crippen LogP contribution in [0.15, 0.2) is 18.2 Å². The summed E-state index contributed by atoms with van der Waals surface area (Å²) in [6.07, 6.45) is 0. The number of rotatable bonds is 3. The highest BCUT2D eigenvalue weighted by atomic mass is 16.3. The molecule has 0 aliphatic carbocycles. The molecule has 1 aromatic rings. The monoisotopic (exact) mass is 235 g/mol. The Hall–Kier alpha value is -1.35. The molecule has 0 aliphatic rings. The Morgan fingerprint density at radius 2 is 1.94 bits per heavy atom. The number of carbonyl (C=O) groups excluding carboxylic acids is 1. The number of hydrogen-bond donors (Lipinski definition) is 1. The van der Waals surface area contributed by atoms with E-state index >= 15 is 0 Å². The molecule has 0 atom stereocenters. The number of aryl methyl sites for hydroxylation is 2. The lowest BCUT2D eigenvalue weighted by atomic mass is 10.0. The van der Waals surface area contributed by atoms with Crippen molar-refractivity contribution in [3.8, 4) is 0 Å². The van der Waals surface area contributed by atoms with Crippen LogP contribution in [0.25, 0.3) is 0 Å². The van der Waals surface area contributed by atoms with E-state index in [4.69, 9.17) is 0 Å². The fourth-order valence-corrected chi connectivity index (χ4v) is 1.62. The normalized spacial score (nSPS) is 11.4. The van der Waals surface area contributed by atoms with Crippen LogP contribution < -0.4 is 0 Å². The van der Waals surface area contributed by atoms with Crippen molar-refractivity contribution >= 4 is 5.91 Å². The molecule has 1 N–H and O–H groups in total. The number of aliphatic hydroxyl groups is 1. The summed E-state index contributed by atoms with van der Waals surface area (Å²) in [5.74, 6) is -0.0541. The first-order chi connectivity index (χ1) is 7.79. The molecule has 1 aromatic carbocycles. The van der Waals surface area contributed by atoms with Crippen molar-refractivity contribution in [2.24, 2.45) is 0 Å². The maximum Gasteiger partial charge on any atom is 0.254 e. The Morgan fingerprint density at radius 1 is 1.35 bits per heavy atom. The summed E-state index contributed by atoms with van der Waals surface area (Å²) in [7, 11) is 1.72. The predicted octanol–water partition coefficient (Wildman–Crippen LogP) is 2.15. The molecular formula is C14H21NO2. The van der Waals surface area contributed by atoms with Gasteiger partial charge in [-0.05, 0) is 39.3 Å². The van der Waals surface area contributed by atoms with E-state index in [2.05, 4.69) is 0 Å². The molecule has 1 rings (SSSR count). The molecule has 0 saturated carbocycles. The third-order valence-electron chi connectivity index (χ3n) is 3.21. The lowest BCUT2D eigenvalue weighted by Gasteiger charge is -2.34. The average Bonchev–Trinajstić information content (AvgIpc) is 2.27. The Morgan fingerprint density at radius 3 is 2.41 bits per heavy atom. The van der Waals surface area contributed by atoms with Crippen LogP contribution in [-0.4, -0.2) is 35.1 Å². The first kappa shape index (κ1) is 13.7. The average molecular weight is 235 g/mol. The summed E-state index contributed by atoms with van der Waals surface area (Å²) < 4.78 is 0. The largest absolute Gasteiger partial charge is 0.394 e. The molecule has 0 saturated heterocycles. The van der Waals surface area contributed by atoms with Gasteiger partial charge in [0.05, 0.1) is 12.1 Å². The van der Waals surface area contributed by atoms with Crippen LogP contribution >= 0.6 is 0 Å². The first-order valence-corrected chi connectivity index (χ1v) is 5.76. The van der Waals surface area contributed by atoms with Crippen molar-refractivity contribution < 1.29 is 9.90 Å². The van der Waals surface area contributed by atoms with E-state index in [9.17, 15) is 9.90 Å². The van der Waals surface area contributed by atoms with Gasteiger partial charge in [0.25, 0.3) is 5.91 Å². The van der Waals surface area contributed by atoms with Gasteiger partial charge >= 0.3 is 0 Å². The number of amides is 1. The van der Waals surface area contributed by atoms with Gasteiger partial charge in [-0.1, -0.05) is 17.7 Å². The number of likely N-dealkylation sites (N-methyl/N-ethyl adjacent to an activating group) is 1. The first-order valence-electron chi connectivity index (χ1n) is 5.76. The third kappa shape index (κ3) is 2.86. The Kier molecular flexibility index (Phi) is 3.94. The lowest BCUT2D eigenvalue weighted by molar-refractivity contribution is 0.0472. The zero-order valence-corrected chi connectivity index (χ0v) is 11.2. The number of nitrogens with zero attached hydrogens (tertiary/aromatic N) is 1. The van der Waals surface area contributed by atoms with Gasteiger partial charge in [-0.25, -0.2) is 0 Å². The highest BCUT2D eigenvalue weighted by Crippen LogP contribution is 2.18. The predicted molar refractivity (Wildman–Crippen MR) is 69.2 cm³/mol. The fraction of sp³-hybridized carbons (Fsp3) is 0.500. The Bertz CT molecular complexity index is 424. The molecule has 0 heterocycles. The number of aliphatic hydroxyl groups excluding tert-OH is 1. The van der Waals surface area contributed by atoms with Crippen LogP contribution in [0, 0.1) is 13.8 Å².